The van der Waals surface area contributed by atoms with Crippen LogP contribution in [-0.2, 0) is 4.74 Å². The molecule has 0 radical (unpaired) electrons. The van der Waals surface area contributed by atoms with E-state index in [2.05, 4.69) is 24.6 Å². The van der Waals surface area contributed by atoms with Crippen molar-refractivity contribution < 1.29 is 4.74 Å². The standard InChI is InChI=1S/C26H25Cl2N3OS/c1-16-23(30-31-26(33)29-22-6-4-3-5-7-22)17(2)25(19-10-14-21(28)15-11-19)32-24(16)18-8-12-20(27)13-9-18/h3-17,24-25H,1-2H3,(H2,29,31,33). The summed E-state index contributed by atoms with van der Waals surface area (Å²) in [6, 6.07) is 25.3. The van der Waals surface area contributed by atoms with E-state index in [4.69, 9.17) is 45.3 Å². The maximum Gasteiger partial charge on any atom is 0.191 e. The van der Waals surface area contributed by atoms with Crippen LogP contribution in [0.3, 0.4) is 0 Å². The molecule has 1 aliphatic heterocycles. The van der Waals surface area contributed by atoms with E-state index in [0.717, 1.165) is 22.5 Å². The van der Waals surface area contributed by atoms with Gasteiger partial charge in [0, 0.05) is 33.3 Å². The Balaban J connectivity index is 1.62. The van der Waals surface area contributed by atoms with Crippen molar-refractivity contribution in [3.63, 3.8) is 0 Å². The Hall–Kier alpha value is -2.44. The number of halogens is 2. The average molecular weight is 498 g/mol. The second kappa shape index (κ2) is 10.7. The topological polar surface area (TPSA) is 45.7 Å². The van der Waals surface area contributed by atoms with Gasteiger partial charge < -0.3 is 10.1 Å². The first-order valence-corrected chi connectivity index (χ1v) is 11.9. The zero-order valence-electron chi connectivity index (χ0n) is 18.3. The van der Waals surface area contributed by atoms with Gasteiger partial charge in [0.05, 0.1) is 12.2 Å². The largest absolute Gasteiger partial charge is 0.364 e. The van der Waals surface area contributed by atoms with Crippen LogP contribution < -0.4 is 10.7 Å². The smallest absolute Gasteiger partial charge is 0.191 e. The zero-order chi connectivity index (χ0) is 23.4. The number of hydrogen-bond donors (Lipinski definition) is 2. The van der Waals surface area contributed by atoms with Gasteiger partial charge in [-0.15, -0.1) is 0 Å². The molecular formula is C26H25Cl2N3OS. The molecule has 0 bridgehead atoms. The third-order valence-corrected chi connectivity index (χ3v) is 6.55. The van der Waals surface area contributed by atoms with Gasteiger partial charge in [-0.25, -0.2) is 0 Å². The maximum absolute atomic E-state index is 6.65. The molecule has 4 nitrogen and oxygen atoms in total. The van der Waals surface area contributed by atoms with E-state index in [0.29, 0.717) is 15.2 Å². The average Bonchev–Trinajstić information content (AvgIpc) is 2.81. The molecule has 2 N–H and O–H groups in total. The summed E-state index contributed by atoms with van der Waals surface area (Å²) in [5, 5.41) is 9.74. The van der Waals surface area contributed by atoms with Crippen LogP contribution in [0.2, 0.25) is 10.0 Å². The zero-order valence-corrected chi connectivity index (χ0v) is 20.7. The molecule has 4 unspecified atom stereocenters. The molecule has 0 aromatic heterocycles. The lowest BCUT2D eigenvalue weighted by molar-refractivity contribution is -0.0638. The highest BCUT2D eigenvalue weighted by Crippen LogP contribution is 2.44. The summed E-state index contributed by atoms with van der Waals surface area (Å²) in [6.45, 7) is 4.25. The number of anilines is 1. The maximum atomic E-state index is 6.65. The lowest BCUT2D eigenvalue weighted by atomic mass is 9.79. The molecular weight excluding hydrogens is 473 g/mol. The lowest BCUT2D eigenvalue weighted by Crippen LogP contribution is -2.40. The van der Waals surface area contributed by atoms with E-state index >= 15 is 0 Å². The van der Waals surface area contributed by atoms with E-state index in [1.807, 2.05) is 78.9 Å². The first-order chi connectivity index (χ1) is 15.9. The monoisotopic (exact) mass is 497 g/mol. The van der Waals surface area contributed by atoms with Gasteiger partial charge in [0.25, 0.3) is 0 Å². The number of hydrogen-bond acceptors (Lipinski definition) is 3. The molecule has 0 saturated carbocycles. The molecule has 1 aliphatic rings. The predicted octanol–water partition coefficient (Wildman–Crippen LogP) is 7.42. The van der Waals surface area contributed by atoms with E-state index in [-0.39, 0.29) is 24.0 Å². The molecule has 0 spiro atoms. The van der Waals surface area contributed by atoms with Crippen molar-refractivity contribution in [1.29, 1.82) is 0 Å². The van der Waals surface area contributed by atoms with Crippen LogP contribution in [-0.4, -0.2) is 10.8 Å². The molecule has 7 heteroatoms. The van der Waals surface area contributed by atoms with Crippen LogP contribution in [0.25, 0.3) is 0 Å². The Kier molecular flexibility index (Phi) is 7.66. The Morgan fingerprint density at radius 2 is 1.27 bits per heavy atom. The van der Waals surface area contributed by atoms with Gasteiger partial charge in [0.2, 0.25) is 0 Å². The summed E-state index contributed by atoms with van der Waals surface area (Å²) in [5.74, 6) is 0.0495. The fourth-order valence-electron chi connectivity index (χ4n) is 4.16. The quantitative estimate of drug-likeness (QED) is 0.290. The molecule has 33 heavy (non-hydrogen) atoms. The van der Waals surface area contributed by atoms with Gasteiger partial charge in [-0.2, -0.15) is 5.10 Å². The summed E-state index contributed by atoms with van der Waals surface area (Å²) >= 11 is 17.7. The molecule has 4 rings (SSSR count). The fraction of sp³-hybridized carbons (Fsp3) is 0.231. The third-order valence-electron chi connectivity index (χ3n) is 5.85. The van der Waals surface area contributed by atoms with E-state index in [1.54, 1.807) is 0 Å². The summed E-state index contributed by atoms with van der Waals surface area (Å²) < 4.78 is 6.65. The van der Waals surface area contributed by atoms with Crippen LogP contribution in [0, 0.1) is 11.8 Å². The molecule has 3 aromatic carbocycles. The number of nitrogens with zero attached hydrogens (tertiary/aromatic N) is 1. The first kappa shape index (κ1) is 23.7. The number of hydrazone groups is 1. The predicted molar refractivity (Wildman–Crippen MR) is 141 cm³/mol. The van der Waals surface area contributed by atoms with Gasteiger partial charge in [0.1, 0.15) is 0 Å². The van der Waals surface area contributed by atoms with Gasteiger partial charge in [-0.1, -0.05) is 79.5 Å². The Morgan fingerprint density at radius 3 is 1.76 bits per heavy atom. The summed E-state index contributed by atoms with van der Waals surface area (Å²) in [6.07, 6.45) is -0.370. The lowest BCUT2D eigenvalue weighted by Gasteiger charge is -2.40. The normalized spacial score (nSPS) is 22.5. The second-order valence-electron chi connectivity index (χ2n) is 8.13. The Bertz CT molecular complexity index is 1060. The number of rotatable bonds is 4. The molecule has 170 valence electrons. The van der Waals surface area contributed by atoms with Crippen LogP contribution in [0.5, 0.6) is 0 Å². The summed E-state index contributed by atoms with van der Waals surface area (Å²) in [7, 11) is 0. The van der Waals surface area contributed by atoms with Crippen molar-refractivity contribution in [1.82, 2.24) is 5.43 Å². The van der Waals surface area contributed by atoms with Crippen molar-refractivity contribution in [3.05, 3.63) is 100 Å². The molecule has 1 heterocycles. The molecule has 0 amide bonds. The van der Waals surface area contributed by atoms with E-state index in [1.165, 1.54) is 0 Å². The van der Waals surface area contributed by atoms with Crippen LogP contribution in [0.1, 0.15) is 37.2 Å². The van der Waals surface area contributed by atoms with Gasteiger partial charge >= 0.3 is 0 Å². The highest BCUT2D eigenvalue weighted by atomic mass is 35.5. The minimum absolute atomic E-state index is 0.0248. The number of nitrogens with one attached hydrogen (secondary N) is 2. The Labute approximate surface area is 210 Å². The second-order valence-corrected chi connectivity index (χ2v) is 9.41. The summed E-state index contributed by atoms with van der Waals surface area (Å²) in [4.78, 5) is 0. The highest BCUT2D eigenvalue weighted by Gasteiger charge is 2.40. The molecule has 4 atom stereocenters. The van der Waals surface area contributed by atoms with Crippen molar-refractivity contribution in [3.8, 4) is 0 Å². The highest BCUT2D eigenvalue weighted by molar-refractivity contribution is 7.80. The number of benzene rings is 3. The number of para-hydroxylation sites is 1. The van der Waals surface area contributed by atoms with E-state index < -0.39 is 0 Å². The van der Waals surface area contributed by atoms with Gasteiger partial charge in [-0.05, 0) is 59.7 Å². The molecule has 0 aliphatic carbocycles. The summed E-state index contributed by atoms with van der Waals surface area (Å²) in [5.41, 5.74) is 7.03. The minimum atomic E-state index is -0.185. The molecule has 1 fully saturated rings. The fourth-order valence-corrected chi connectivity index (χ4v) is 4.57. The number of ether oxygens (including phenoxy) is 1. The SMILES string of the molecule is CC1C(=NNC(=S)Nc2ccccc2)C(C)C(c2ccc(Cl)cc2)OC1c1ccc(Cl)cc1. The Morgan fingerprint density at radius 1 is 0.788 bits per heavy atom. The molecule has 3 aromatic rings. The van der Waals surface area contributed by atoms with Crippen LogP contribution in [0.15, 0.2) is 84.0 Å². The van der Waals surface area contributed by atoms with Crippen LogP contribution >= 0.6 is 35.4 Å². The van der Waals surface area contributed by atoms with Gasteiger partial charge in [0.15, 0.2) is 5.11 Å². The van der Waals surface area contributed by atoms with Crippen molar-refractivity contribution in [2.45, 2.75) is 26.1 Å². The van der Waals surface area contributed by atoms with Crippen molar-refractivity contribution in [2.75, 3.05) is 5.32 Å². The first-order valence-electron chi connectivity index (χ1n) is 10.8. The van der Waals surface area contributed by atoms with E-state index in [9.17, 15) is 0 Å². The van der Waals surface area contributed by atoms with Crippen molar-refractivity contribution >= 4 is 51.9 Å². The molecule has 1 saturated heterocycles. The van der Waals surface area contributed by atoms with Gasteiger partial charge in [-0.3, -0.25) is 5.43 Å². The van der Waals surface area contributed by atoms with Crippen LogP contribution in [0.4, 0.5) is 5.69 Å². The van der Waals surface area contributed by atoms with Crippen molar-refractivity contribution in [2.24, 2.45) is 16.9 Å². The third kappa shape index (κ3) is 5.74. The minimum Gasteiger partial charge on any atom is -0.364 e. The number of thiocarbonyl (C=S) groups is 1.